The van der Waals surface area contributed by atoms with Gasteiger partial charge in [-0.05, 0) is 23.6 Å². The minimum atomic E-state index is 0.136. The van der Waals surface area contributed by atoms with Crippen molar-refractivity contribution < 1.29 is 14.1 Å². The first kappa shape index (κ1) is 20.6. The molecular formula is C23H27N3O3. The van der Waals surface area contributed by atoms with Gasteiger partial charge in [-0.1, -0.05) is 61.5 Å². The molecular weight excluding hydrogens is 366 g/mol. The van der Waals surface area contributed by atoms with E-state index in [4.69, 9.17) is 9.26 Å². The number of benzene rings is 2. The third-order valence-electron chi connectivity index (χ3n) is 4.54. The number of rotatable bonds is 9. The van der Waals surface area contributed by atoms with E-state index in [0.29, 0.717) is 43.6 Å². The molecule has 0 unspecified atom stereocenters. The standard InChI is InChI=1S/C23H27N3O3/c1-17(2)14-22(27)26(16-18-8-5-4-6-9-18)13-12-21-24-23(25-29-21)19-10-7-11-20(15-19)28-3/h4-11,15,17H,12-14,16H2,1-3H3. The highest BCUT2D eigenvalue weighted by atomic mass is 16.5. The second-order valence-electron chi connectivity index (χ2n) is 7.39. The average molecular weight is 393 g/mol. The first-order chi connectivity index (χ1) is 14.0. The van der Waals surface area contributed by atoms with Crippen LogP contribution in [0.3, 0.4) is 0 Å². The number of nitrogens with zero attached hydrogens (tertiary/aromatic N) is 3. The molecule has 1 heterocycles. The summed E-state index contributed by atoms with van der Waals surface area (Å²) in [6, 6.07) is 17.5. The van der Waals surface area contributed by atoms with Gasteiger partial charge in [0.15, 0.2) is 0 Å². The zero-order valence-corrected chi connectivity index (χ0v) is 17.2. The van der Waals surface area contributed by atoms with Gasteiger partial charge in [0.25, 0.3) is 0 Å². The monoisotopic (exact) mass is 393 g/mol. The van der Waals surface area contributed by atoms with Gasteiger partial charge >= 0.3 is 0 Å². The van der Waals surface area contributed by atoms with Crippen molar-refractivity contribution in [1.29, 1.82) is 0 Å². The Balaban J connectivity index is 1.68. The Bertz CT molecular complexity index is 922. The lowest BCUT2D eigenvalue weighted by Gasteiger charge is -2.23. The van der Waals surface area contributed by atoms with Crippen molar-refractivity contribution in [3.05, 3.63) is 66.1 Å². The zero-order chi connectivity index (χ0) is 20.6. The van der Waals surface area contributed by atoms with Crippen molar-refractivity contribution in [2.75, 3.05) is 13.7 Å². The Morgan fingerprint density at radius 2 is 1.93 bits per heavy atom. The van der Waals surface area contributed by atoms with E-state index in [9.17, 15) is 4.79 Å². The molecule has 0 bridgehead atoms. The molecule has 0 atom stereocenters. The van der Waals surface area contributed by atoms with Gasteiger partial charge in [-0.2, -0.15) is 4.98 Å². The van der Waals surface area contributed by atoms with Crippen molar-refractivity contribution in [3.63, 3.8) is 0 Å². The minimum Gasteiger partial charge on any atom is -0.497 e. The van der Waals surface area contributed by atoms with Gasteiger partial charge in [0, 0.05) is 31.5 Å². The van der Waals surface area contributed by atoms with Crippen LogP contribution in [0.25, 0.3) is 11.4 Å². The molecule has 3 aromatic rings. The van der Waals surface area contributed by atoms with Gasteiger partial charge < -0.3 is 14.2 Å². The largest absolute Gasteiger partial charge is 0.497 e. The maximum atomic E-state index is 12.7. The molecule has 0 fully saturated rings. The summed E-state index contributed by atoms with van der Waals surface area (Å²) < 4.78 is 10.7. The predicted molar refractivity (Wildman–Crippen MR) is 111 cm³/mol. The molecule has 0 radical (unpaired) electrons. The van der Waals surface area contributed by atoms with E-state index in [1.54, 1.807) is 7.11 Å². The fourth-order valence-corrected chi connectivity index (χ4v) is 3.04. The number of hydrogen-bond donors (Lipinski definition) is 0. The lowest BCUT2D eigenvalue weighted by Crippen LogP contribution is -2.33. The first-order valence-electron chi connectivity index (χ1n) is 9.84. The molecule has 1 aromatic heterocycles. The number of aromatic nitrogens is 2. The molecule has 6 heteroatoms. The number of methoxy groups -OCH3 is 1. The third kappa shape index (κ3) is 5.91. The highest BCUT2D eigenvalue weighted by Gasteiger charge is 2.17. The second kappa shape index (κ2) is 9.87. The Kier molecular flexibility index (Phi) is 7.00. The molecule has 0 saturated heterocycles. The fraction of sp³-hybridized carbons (Fsp3) is 0.348. The van der Waals surface area contributed by atoms with Crippen LogP contribution in [0.15, 0.2) is 59.1 Å². The molecule has 0 spiro atoms. The third-order valence-corrected chi connectivity index (χ3v) is 4.54. The summed E-state index contributed by atoms with van der Waals surface area (Å²) in [6.07, 6.45) is 1.03. The summed E-state index contributed by atoms with van der Waals surface area (Å²) in [5.41, 5.74) is 1.93. The summed E-state index contributed by atoms with van der Waals surface area (Å²) in [5, 5.41) is 4.07. The van der Waals surface area contributed by atoms with Gasteiger partial charge in [-0.15, -0.1) is 0 Å². The van der Waals surface area contributed by atoms with Crippen molar-refractivity contribution in [2.45, 2.75) is 33.2 Å². The molecule has 1 amide bonds. The number of carbonyl (C=O) groups is 1. The lowest BCUT2D eigenvalue weighted by atomic mass is 10.1. The highest BCUT2D eigenvalue weighted by molar-refractivity contribution is 5.76. The van der Waals surface area contributed by atoms with E-state index in [2.05, 4.69) is 24.0 Å². The highest BCUT2D eigenvalue weighted by Crippen LogP contribution is 2.21. The first-order valence-corrected chi connectivity index (χ1v) is 9.84. The Morgan fingerprint density at radius 1 is 1.14 bits per heavy atom. The van der Waals surface area contributed by atoms with Crippen molar-refractivity contribution in [2.24, 2.45) is 5.92 Å². The fourth-order valence-electron chi connectivity index (χ4n) is 3.04. The smallest absolute Gasteiger partial charge is 0.228 e. The minimum absolute atomic E-state index is 0.136. The Hall–Kier alpha value is -3.15. The molecule has 0 aliphatic heterocycles. The Labute approximate surface area is 171 Å². The summed E-state index contributed by atoms with van der Waals surface area (Å²) in [6.45, 7) is 5.21. The van der Waals surface area contributed by atoms with Gasteiger partial charge in [0.2, 0.25) is 17.6 Å². The van der Waals surface area contributed by atoms with E-state index < -0.39 is 0 Å². The van der Waals surface area contributed by atoms with E-state index in [-0.39, 0.29) is 5.91 Å². The van der Waals surface area contributed by atoms with Gasteiger partial charge in [0.1, 0.15) is 5.75 Å². The maximum absolute atomic E-state index is 12.7. The summed E-state index contributed by atoms with van der Waals surface area (Å²) in [5.74, 6) is 2.21. The van der Waals surface area contributed by atoms with Crippen LogP contribution in [0.5, 0.6) is 5.75 Å². The van der Waals surface area contributed by atoms with Gasteiger partial charge in [-0.3, -0.25) is 4.79 Å². The van der Waals surface area contributed by atoms with E-state index >= 15 is 0 Å². The molecule has 0 aliphatic rings. The van der Waals surface area contributed by atoms with E-state index in [0.717, 1.165) is 16.9 Å². The molecule has 2 aromatic carbocycles. The zero-order valence-electron chi connectivity index (χ0n) is 17.2. The van der Waals surface area contributed by atoms with Crippen LogP contribution in [-0.2, 0) is 17.8 Å². The number of ether oxygens (including phenoxy) is 1. The quantitative estimate of drug-likeness (QED) is 0.540. The summed E-state index contributed by atoms with van der Waals surface area (Å²) >= 11 is 0. The van der Waals surface area contributed by atoms with Crippen LogP contribution in [0, 0.1) is 5.92 Å². The van der Waals surface area contributed by atoms with Crippen LogP contribution < -0.4 is 4.74 Å². The maximum Gasteiger partial charge on any atom is 0.228 e. The van der Waals surface area contributed by atoms with Crippen LogP contribution >= 0.6 is 0 Å². The lowest BCUT2D eigenvalue weighted by molar-refractivity contribution is -0.132. The summed E-state index contributed by atoms with van der Waals surface area (Å²) in [4.78, 5) is 19.1. The van der Waals surface area contributed by atoms with E-state index in [1.165, 1.54) is 0 Å². The predicted octanol–water partition coefficient (Wildman–Crippen LogP) is 4.36. The van der Waals surface area contributed by atoms with E-state index in [1.807, 2.05) is 59.5 Å². The van der Waals surface area contributed by atoms with Gasteiger partial charge in [0.05, 0.1) is 7.11 Å². The van der Waals surface area contributed by atoms with Crippen molar-refractivity contribution in [3.8, 4) is 17.1 Å². The molecule has 3 rings (SSSR count). The number of carbonyl (C=O) groups excluding carboxylic acids is 1. The Morgan fingerprint density at radius 3 is 2.66 bits per heavy atom. The van der Waals surface area contributed by atoms with Crippen molar-refractivity contribution in [1.82, 2.24) is 15.0 Å². The normalized spacial score (nSPS) is 10.9. The molecule has 6 nitrogen and oxygen atoms in total. The molecule has 0 N–H and O–H groups in total. The van der Waals surface area contributed by atoms with Crippen LogP contribution in [0.2, 0.25) is 0 Å². The SMILES string of the molecule is COc1cccc(-c2noc(CCN(Cc3ccccc3)C(=O)CC(C)C)n2)c1. The van der Waals surface area contributed by atoms with Crippen molar-refractivity contribution >= 4 is 5.91 Å². The van der Waals surface area contributed by atoms with Crippen LogP contribution in [-0.4, -0.2) is 34.6 Å². The number of hydrogen-bond acceptors (Lipinski definition) is 5. The van der Waals surface area contributed by atoms with Crippen LogP contribution in [0.4, 0.5) is 0 Å². The average Bonchev–Trinajstić information content (AvgIpc) is 3.20. The van der Waals surface area contributed by atoms with Crippen LogP contribution in [0.1, 0.15) is 31.7 Å². The molecule has 0 aliphatic carbocycles. The second-order valence-corrected chi connectivity index (χ2v) is 7.39. The molecule has 29 heavy (non-hydrogen) atoms. The topological polar surface area (TPSA) is 68.5 Å². The molecule has 152 valence electrons. The van der Waals surface area contributed by atoms with Gasteiger partial charge in [-0.25, -0.2) is 0 Å². The number of amides is 1. The molecule has 0 saturated carbocycles. The summed E-state index contributed by atoms with van der Waals surface area (Å²) in [7, 11) is 1.62.